The maximum atomic E-state index is 13.7. The number of carbonyl (C=O) groups excluding carboxylic acids is 5. The highest BCUT2D eigenvalue weighted by molar-refractivity contribution is 6.02. The van der Waals surface area contributed by atoms with Crippen molar-refractivity contribution in [3.63, 3.8) is 0 Å². The second-order valence-corrected chi connectivity index (χ2v) is 12.5. The summed E-state index contributed by atoms with van der Waals surface area (Å²) >= 11 is 0. The van der Waals surface area contributed by atoms with Crippen LogP contribution in [0.5, 0.6) is 5.75 Å². The van der Waals surface area contributed by atoms with E-state index in [2.05, 4.69) is 20.9 Å². The quantitative estimate of drug-likeness (QED) is 0.140. The summed E-state index contributed by atoms with van der Waals surface area (Å²) in [6.45, 7) is 2.56. The molecule has 2 aromatic carbocycles. The smallest absolute Gasteiger partial charge is 0.417 e. The molecule has 1 aliphatic heterocycles. The molecule has 1 aliphatic rings. The van der Waals surface area contributed by atoms with Crippen molar-refractivity contribution in [1.82, 2.24) is 20.9 Å². The molecule has 0 spiro atoms. The molecule has 51 heavy (non-hydrogen) atoms. The van der Waals surface area contributed by atoms with Crippen molar-refractivity contribution in [3.8, 4) is 5.75 Å². The summed E-state index contributed by atoms with van der Waals surface area (Å²) in [5, 5.41) is 8.30. The number of hydrogen-bond acceptors (Lipinski definition) is 7. The fraction of sp³-hybridized carbons (Fsp3) is 0.441. The third kappa shape index (κ3) is 9.58. The van der Waals surface area contributed by atoms with Crippen molar-refractivity contribution in [2.45, 2.75) is 64.0 Å². The van der Waals surface area contributed by atoms with Gasteiger partial charge in [-0.05, 0) is 61.9 Å². The lowest BCUT2D eigenvalue weighted by molar-refractivity contribution is -0.144. The summed E-state index contributed by atoms with van der Waals surface area (Å²) in [6, 6.07) is 4.84. The monoisotopic (exact) mass is 726 g/mol. The van der Waals surface area contributed by atoms with E-state index in [1.54, 1.807) is 32.0 Å². The van der Waals surface area contributed by atoms with Gasteiger partial charge in [-0.25, -0.2) is 4.79 Å². The Labute approximate surface area is 287 Å². The first-order valence-corrected chi connectivity index (χ1v) is 15.9. The molecule has 0 saturated carbocycles. The summed E-state index contributed by atoms with van der Waals surface area (Å²) in [6.07, 6.45) is -10.2. The molecule has 4 N–H and O–H groups in total. The maximum absolute atomic E-state index is 13.7. The molecular formula is C34H36F6N4O7. The summed E-state index contributed by atoms with van der Waals surface area (Å²) < 4.78 is 91.8. The summed E-state index contributed by atoms with van der Waals surface area (Å²) in [5.41, 5.74) is -4.99. The van der Waals surface area contributed by atoms with Gasteiger partial charge in [-0.1, -0.05) is 26.0 Å². The number of ether oxygens (including phenoxy) is 2. The SMILES string of the molecule is COc1cccc2[nH]c(C(=O)N[C@@H](CC(C)C)C(=O)N[C@@H](C[C@@H]3CCCNC3=O)C(=O)COC(=O)c3c(C(F)(F)F)cccc3C(F)(F)F)cc12. The Morgan fingerprint density at radius 2 is 1.59 bits per heavy atom. The minimum Gasteiger partial charge on any atom is -0.496 e. The Hall–Kier alpha value is -5.09. The van der Waals surface area contributed by atoms with Crippen molar-refractivity contribution < 1.29 is 59.8 Å². The molecule has 11 nitrogen and oxygen atoms in total. The molecular weight excluding hydrogens is 690 g/mol. The number of esters is 1. The number of hydrogen-bond donors (Lipinski definition) is 4. The van der Waals surface area contributed by atoms with Crippen LogP contribution in [0.25, 0.3) is 10.9 Å². The summed E-state index contributed by atoms with van der Waals surface area (Å²) in [7, 11) is 1.46. The van der Waals surface area contributed by atoms with Crippen molar-refractivity contribution >= 4 is 40.4 Å². The number of H-pyrrole nitrogens is 1. The lowest BCUT2D eigenvalue weighted by Gasteiger charge is -2.28. The highest BCUT2D eigenvalue weighted by atomic mass is 19.4. The molecule has 3 atom stereocenters. The maximum Gasteiger partial charge on any atom is 0.417 e. The largest absolute Gasteiger partial charge is 0.496 e. The molecule has 0 aliphatic carbocycles. The Balaban J connectivity index is 1.57. The number of piperidine rings is 1. The second-order valence-electron chi connectivity index (χ2n) is 12.5. The van der Waals surface area contributed by atoms with E-state index in [0.717, 1.165) is 0 Å². The Morgan fingerprint density at radius 1 is 0.941 bits per heavy atom. The van der Waals surface area contributed by atoms with Crippen LogP contribution in [0.2, 0.25) is 0 Å². The number of carbonyl (C=O) groups is 5. The number of Topliss-reactive ketones (excluding diaryl/α,β-unsaturated/α-hetero) is 1. The van der Waals surface area contributed by atoms with Gasteiger partial charge in [0.05, 0.1) is 29.8 Å². The minimum absolute atomic E-state index is 0.0787. The van der Waals surface area contributed by atoms with Gasteiger partial charge in [0.1, 0.15) is 17.5 Å². The van der Waals surface area contributed by atoms with E-state index in [1.807, 2.05) is 0 Å². The molecule has 276 valence electrons. The Bertz CT molecular complexity index is 1750. The van der Waals surface area contributed by atoms with Gasteiger partial charge in [0.15, 0.2) is 12.4 Å². The van der Waals surface area contributed by atoms with Crippen LogP contribution in [0.3, 0.4) is 0 Å². The van der Waals surface area contributed by atoms with Gasteiger partial charge in [-0.2, -0.15) is 26.3 Å². The van der Waals surface area contributed by atoms with Crippen LogP contribution in [-0.2, 0) is 31.5 Å². The highest BCUT2D eigenvalue weighted by Gasteiger charge is 2.44. The van der Waals surface area contributed by atoms with Gasteiger partial charge in [0, 0.05) is 23.4 Å². The van der Waals surface area contributed by atoms with E-state index in [-0.39, 0.29) is 36.6 Å². The topological polar surface area (TPSA) is 156 Å². The van der Waals surface area contributed by atoms with E-state index in [0.29, 0.717) is 42.1 Å². The van der Waals surface area contributed by atoms with Gasteiger partial charge >= 0.3 is 18.3 Å². The van der Waals surface area contributed by atoms with Crippen molar-refractivity contribution in [2.24, 2.45) is 11.8 Å². The van der Waals surface area contributed by atoms with Crippen LogP contribution in [0.15, 0.2) is 42.5 Å². The fourth-order valence-corrected chi connectivity index (χ4v) is 5.81. The van der Waals surface area contributed by atoms with Crippen LogP contribution in [-0.4, -0.2) is 66.8 Å². The number of rotatable bonds is 13. The Kier molecular flexibility index (Phi) is 12.0. The van der Waals surface area contributed by atoms with Gasteiger partial charge in [-0.15, -0.1) is 0 Å². The van der Waals surface area contributed by atoms with Crippen LogP contribution in [0.4, 0.5) is 26.3 Å². The molecule has 1 fully saturated rings. The van der Waals surface area contributed by atoms with Crippen LogP contribution < -0.4 is 20.7 Å². The predicted molar refractivity (Wildman–Crippen MR) is 170 cm³/mol. The predicted octanol–water partition coefficient (Wildman–Crippen LogP) is 5.19. The highest BCUT2D eigenvalue weighted by Crippen LogP contribution is 2.39. The van der Waals surface area contributed by atoms with Crippen molar-refractivity contribution in [1.29, 1.82) is 0 Å². The average molecular weight is 727 g/mol. The van der Waals surface area contributed by atoms with E-state index < -0.39 is 83.1 Å². The number of ketones is 1. The summed E-state index contributed by atoms with van der Waals surface area (Å²) in [5.74, 6) is -5.65. The number of alkyl halides is 6. The Morgan fingerprint density at radius 3 is 2.18 bits per heavy atom. The first-order valence-electron chi connectivity index (χ1n) is 15.9. The number of fused-ring (bicyclic) bond motifs is 1. The zero-order chi connectivity index (χ0) is 37.7. The molecule has 0 radical (unpaired) electrons. The number of halogens is 6. The number of amides is 3. The number of aromatic amines is 1. The number of methoxy groups -OCH3 is 1. The fourth-order valence-electron chi connectivity index (χ4n) is 5.81. The van der Waals surface area contributed by atoms with Gasteiger partial charge in [-0.3, -0.25) is 19.2 Å². The molecule has 0 unspecified atom stereocenters. The molecule has 3 aromatic rings. The lowest BCUT2D eigenvalue weighted by atomic mass is 9.90. The van der Waals surface area contributed by atoms with Crippen molar-refractivity contribution in [2.75, 3.05) is 20.3 Å². The normalized spacial score (nSPS) is 16.3. The lowest BCUT2D eigenvalue weighted by Crippen LogP contribution is -2.54. The van der Waals surface area contributed by atoms with E-state index >= 15 is 0 Å². The van der Waals surface area contributed by atoms with E-state index in [9.17, 15) is 50.3 Å². The minimum atomic E-state index is -5.38. The molecule has 2 heterocycles. The van der Waals surface area contributed by atoms with Gasteiger partial charge in [0.25, 0.3) is 5.91 Å². The molecule has 1 saturated heterocycles. The molecule has 1 aromatic heterocycles. The third-order valence-electron chi connectivity index (χ3n) is 8.27. The van der Waals surface area contributed by atoms with E-state index in [1.165, 1.54) is 13.2 Å². The van der Waals surface area contributed by atoms with Gasteiger partial charge in [0.2, 0.25) is 11.8 Å². The molecule has 17 heteroatoms. The summed E-state index contributed by atoms with van der Waals surface area (Å²) in [4.78, 5) is 68.7. The molecule has 3 amide bonds. The number of aromatic nitrogens is 1. The van der Waals surface area contributed by atoms with Gasteiger partial charge < -0.3 is 30.4 Å². The molecule has 4 rings (SSSR count). The second kappa shape index (κ2) is 15.9. The first kappa shape index (κ1) is 38.7. The van der Waals surface area contributed by atoms with E-state index in [4.69, 9.17) is 9.47 Å². The first-order chi connectivity index (χ1) is 23.9. The number of nitrogens with one attached hydrogen (secondary N) is 4. The van der Waals surface area contributed by atoms with Crippen LogP contribution in [0, 0.1) is 11.8 Å². The van der Waals surface area contributed by atoms with Crippen LogP contribution >= 0.6 is 0 Å². The average Bonchev–Trinajstić information content (AvgIpc) is 3.51. The molecule has 0 bridgehead atoms. The zero-order valence-electron chi connectivity index (χ0n) is 27.7. The standard InChI is InChI=1S/C34H36F6N4O7/c1-17(2)13-24(44-31(48)25-15-19-22(42-25)10-5-11-27(19)50-3)30(47)43-23(14-18-7-6-12-41-29(18)46)26(45)16-51-32(49)28-20(33(35,36)37)8-4-9-21(28)34(38,39)40/h4-5,8-11,15,17-18,23-24,42H,6-7,12-14,16H2,1-3H3,(H,41,46)(H,43,47)(H,44,48)/t18-,23-,24-/m0/s1. The number of benzene rings is 2. The third-order valence-corrected chi connectivity index (χ3v) is 8.27. The van der Waals surface area contributed by atoms with Crippen molar-refractivity contribution in [3.05, 3.63) is 64.8 Å². The van der Waals surface area contributed by atoms with Crippen LogP contribution in [0.1, 0.15) is 71.5 Å². The zero-order valence-corrected chi connectivity index (χ0v) is 27.7.